The Kier molecular flexibility index (Phi) is 4.85. The first kappa shape index (κ1) is 15.4. The standard InChI is InChI=1S/C14H15BrN2O4/c1-3-20-11-7-9(14(18)19)6-10(15)13(11)21-8-12-16-4-5-17(12)2/h4-7H,3,8H2,1-2H3,(H,18,19). The maximum absolute atomic E-state index is 11.1. The minimum atomic E-state index is -1.02. The summed E-state index contributed by atoms with van der Waals surface area (Å²) in [5, 5.41) is 9.08. The summed E-state index contributed by atoms with van der Waals surface area (Å²) in [5.41, 5.74) is 0.134. The highest BCUT2D eigenvalue weighted by molar-refractivity contribution is 9.10. The number of imidazole rings is 1. The van der Waals surface area contributed by atoms with Crippen LogP contribution >= 0.6 is 15.9 Å². The van der Waals surface area contributed by atoms with Gasteiger partial charge >= 0.3 is 5.97 Å². The number of carboxylic acid groups (broad SMARTS) is 1. The number of ether oxygens (including phenoxy) is 2. The predicted octanol–water partition coefficient (Wildman–Crippen LogP) is 2.86. The van der Waals surface area contributed by atoms with Gasteiger partial charge in [0, 0.05) is 19.4 Å². The Hall–Kier alpha value is -2.02. The van der Waals surface area contributed by atoms with Crippen molar-refractivity contribution in [2.75, 3.05) is 6.61 Å². The number of rotatable bonds is 6. The van der Waals surface area contributed by atoms with E-state index < -0.39 is 5.97 Å². The summed E-state index contributed by atoms with van der Waals surface area (Å²) in [6, 6.07) is 2.93. The summed E-state index contributed by atoms with van der Waals surface area (Å²) < 4.78 is 13.6. The fraction of sp³-hybridized carbons (Fsp3) is 0.286. The van der Waals surface area contributed by atoms with E-state index in [1.165, 1.54) is 12.1 Å². The highest BCUT2D eigenvalue weighted by Crippen LogP contribution is 2.37. The molecule has 7 heteroatoms. The molecule has 1 aromatic heterocycles. The molecule has 21 heavy (non-hydrogen) atoms. The molecule has 0 saturated heterocycles. The first-order valence-electron chi connectivity index (χ1n) is 6.31. The zero-order valence-electron chi connectivity index (χ0n) is 11.7. The van der Waals surface area contributed by atoms with Crippen LogP contribution in [-0.4, -0.2) is 27.2 Å². The average Bonchev–Trinajstić information content (AvgIpc) is 2.83. The molecule has 0 atom stereocenters. The first-order chi connectivity index (χ1) is 10.0. The van der Waals surface area contributed by atoms with Crippen molar-refractivity contribution in [2.24, 2.45) is 7.05 Å². The van der Waals surface area contributed by atoms with Gasteiger partial charge in [-0.3, -0.25) is 0 Å². The van der Waals surface area contributed by atoms with Gasteiger partial charge in [0.1, 0.15) is 12.4 Å². The molecular formula is C14H15BrN2O4. The number of hydrogen-bond acceptors (Lipinski definition) is 4. The molecule has 0 amide bonds. The minimum Gasteiger partial charge on any atom is -0.490 e. The van der Waals surface area contributed by atoms with Crippen LogP contribution in [0.1, 0.15) is 23.1 Å². The zero-order chi connectivity index (χ0) is 15.4. The number of benzene rings is 1. The predicted molar refractivity (Wildman–Crippen MR) is 79.8 cm³/mol. The fourth-order valence-corrected chi connectivity index (χ4v) is 2.32. The number of nitrogens with zero attached hydrogens (tertiary/aromatic N) is 2. The van der Waals surface area contributed by atoms with E-state index in [4.69, 9.17) is 14.6 Å². The largest absolute Gasteiger partial charge is 0.490 e. The third kappa shape index (κ3) is 3.55. The van der Waals surface area contributed by atoms with Crippen LogP contribution in [0.15, 0.2) is 29.0 Å². The molecule has 0 aliphatic heterocycles. The second-order valence-corrected chi connectivity index (χ2v) is 5.12. The molecular weight excluding hydrogens is 340 g/mol. The van der Waals surface area contributed by atoms with Gasteiger partial charge in [-0.15, -0.1) is 0 Å². The molecule has 112 valence electrons. The maximum Gasteiger partial charge on any atom is 0.335 e. The summed E-state index contributed by atoms with van der Waals surface area (Å²) in [6.45, 7) is 2.49. The van der Waals surface area contributed by atoms with Crippen molar-refractivity contribution in [3.05, 3.63) is 40.4 Å². The van der Waals surface area contributed by atoms with E-state index in [-0.39, 0.29) is 12.2 Å². The Morgan fingerprint density at radius 3 is 2.76 bits per heavy atom. The van der Waals surface area contributed by atoms with Gasteiger partial charge < -0.3 is 19.1 Å². The number of aromatic nitrogens is 2. The van der Waals surface area contributed by atoms with E-state index in [9.17, 15) is 4.79 Å². The normalized spacial score (nSPS) is 10.4. The van der Waals surface area contributed by atoms with Crippen molar-refractivity contribution in [1.82, 2.24) is 9.55 Å². The summed E-state index contributed by atoms with van der Waals surface area (Å²) >= 11 is 3.32. The monoisotopic (exact) mass is 354 g/mol. The fourth-order valence-electron chi connectivity index (χ4n) is 1.77. The van der Waals surface area contributed by atoms with Crippen molar-refractivity contribution < 1.29 is 19.4 Å². The lowest BCUT2D eigenvalue weighted by atomic mass is 10.2. The van der Waals surface area contributed by atoms with Gasteiger partial charge in [-0.25, -0.2) is 9.78 Å². The second-order valence-electron chi connectivity index (χ2n) is 4.27. The summed E-state index contributed by atoms with van der Waals surface area (Å²) in [7, 11) is 1.87. The quantitative estimate of drug-likeness (QED) is 0.863. The van der Waals surface area contributed by atoms with Gasteiger partial charge in [-0.2, -0.15) is 0 Å². The van der Waals surface area contributed by atoms with Crippen molar-refractivity contribution in [1.29, 1.82) is 0 Å². The maximum atomic E-state index is 11.1. The molecule has 0 spiro atoms. The molecule has 6 nitrogen and oxygen atoms in total. The third-order valence-electron chi connectivity index (χ3n) is 2.82. The average molecular weight is 355 g/mol. The molecule has 0 bridgehead atoms. The van der Waals surface area contributed by atoms with E-state index >= 15 is 0 Å². The molecule has 0 saturated carbocycles. The number of hydrogen-bond donors (Lipinski definition) is 1. The van der Waals surface area contributed by atoms with Crippen LogP contribution in [0.2, 0.25) is 0 Å². The van der Waals surface area contributed by atoms with Gasteiger partial charge in [0.2, 0.25) is 0 Å². The van der Waals surface area contributed by atoms with Crippen molar-refractivity contribution in [2.45, 2.75) is 13.5 Å². The van der Waals surface area contributed by atoms with Crippen LogP contribution in [0.25, 0.3) is 0 Å². The Labute approximate surface area is 130 Å². The van der Waals surface area contributed by atoms with Crippen molar-refractivity contribution >= 4 is 21.9 Å². The molecule has 1 aromatic carbocycles. The Bertz CT molecular complexity index is 654. The van der Waals surface area contributed by atoms with Crippen LogP contribution in [0.4, 0.5) is 0 Å². The lowest BCUT2D eigenvalue weighted by molar-refractivity contribution is 0.0696. The Morgan fingerprint density at radius 2 is 2.19 bits per heavy atom. The van der Waals surface area contributed by atoms with Gasteiger partial charge in [0.05, 0.1) is 16.6 Å². The van der Waals surface area contributed by atoms with Crippen LogP contribution in [0, 0.1) is 0 Å². The number of aromatic carboxylic acids is 1. The molecule has 0 aliphatic carbocycles. The number of halogens is 1. The van der Waals surface area contributed by atoms with Crippen LogP contribution in [0.5, 0.6) is 11.5 Å². The number of carbonyl (C=O) groups is 1. The summed E-state index contributed by atoms with van der Waals surface area (Å²) in [4.78, 5) is 15.2. The van der Waals surface area contributed by atoms with Gasteiger partial charge in [0.25, 0.3) is 0 Å². The van der Waals surface area contributed by atoms with Crippen molar-refractivity contribution in [3.8, 4) is 11.5 Å². The lowest BCUT2D eigenvalue weighted by Crippen LogP contribution is -2.06. The molecule has 2 rings (SSSR count). The lowest BCUT2D eigenvalue weighted by Gasteiger charge is -2.14. The summed E-state index contributed by atoms with van der Waals surface area (Å²) in [5.74, 6) is 0.585. The van der Waals surface area contributed by atoms with Crippen LogP contribution in [-0.2, 0) is 13.7 Å². The SMILES string of the molecule is CCOc1cc(C(=O)O)cc(Br)c1OCc1nccn1C. The molecule has 0 unspecified atom stereocenters. The van der Waals surface area contributed by atoms with Gasteiger partial charge in [-0.1, -0.05) is 0 Å². The number of carboxylic acids is 1. The van der Waals surface area contributed by atoms with E-state index in [1.807, 2.05) is 24.7 Å². The second kappa shape index (κ2) is 6.62. The summed E-state index contributed by atoms with van der Waals surface area (Å²) in [6.07, 6.45) is 3.51. The number of aryl methyl sites for hydroxylation is 1. The topological polar surface area (TPSA) is 73.6 Å². The third-order valence-corrected chi connectivity index (χ3v) is 3.41. The van der Waals surface area contributed by atoms with E-state index in [0.717, 1.165) is 5.82 Å². The molecule has 2 aromatic rings. The molecule has 0 fully saturated rings. The minimum absolute atomic E-state index is 0.134. The van der Waals surface area contributed by atoms with E-state index in [0.29, 0.717) is 22.6 Å². The molecule has 0 radical (unpaired) electrons. The highest BCUT2D eigenvalue weighted by Gasteiger charge is 2.16. The van der Waals surface area contributed by atoms with Gasteiger partial charge in [-0.05, 0) is 35.0 Å². The van der Waals surface area contributed by atoms with E-state index in [1.54, 1.807) is 6.20 Å². The van der Waals surface area contributed by atoms with Gasteiger partial charge in [0.15, 0.2) is 11.5 Å². The highest BCUT2D eigenvalue weighted by atomic mass is 79.9. The zero-order valence-corrected chi connectivity index (χ0v) is 13.3. The first-order valence-corrected chi connectivity index (χ1v) is 7.10. The smallest absolute Gasteiger partial charge is 0.335 e. The van der Waals surface area contributed by atoms with Crippen LogP contribution in [0.3, 0.4) is 0 Å². The Morgan fingerprint density at radius 1 is 1.43 bits per heavy atom. The molecule has 1 N–H and O–H groups in total. The van der Waals surface area contributed by atoms with Crippen molar-refractivity contribution in [3.63, 3.8) is 0 Å². The molecule has 0 aliphatic rings. The van der Waals surface area contributed by atoms with E-state index in [2.05, 4.69) is 20.9 Å². The molecule has 1 heterocycles. The Balaban J connectivity index is 2.28. The van der Waals surface area contributed by atoms with Crippen LogP contribution < -0.4 is 9.47 Å².